The number of aryl methyl sites for hydroxylation is 1. The monoisotopic (exact) mass is 418 g/mol. The molecule has 0 spiro atoms. The zero-order valence-electron chi connectivity index (χ0n) is 19.6. The van der Waals surface area contributed by atoms with Crippen LogP contribution in [0, 0.1) is 0 Å². The van der Waals surface area contributed by atoms with E-state index in [4.69, 9.17) is 14.7 Å². The van der Waals surface area contributed by atoms with Gasteiger partial charge in [-0.25, -0.2) is 0 Å². The lowest BCUT2D eigenvalue weighted by Crippen LogP contribution is -2.20. The van der Waals surface area contributed by atoms with Crippen molar-refractivity contribution in [3.63, 3.8) is 0 Å². The fourth-order valence-corrected chi connectivity index (χ4v) is 4.09. The topological polar surface area (TPSA) is 49.7 Å². The molecular weight excluding hydrogens is 371 g/mol. The van der Waals surface area contributed by atoms with E-state index in [-0.39, 0.29) is 0 Å². The van der Waals surface area contributed by atoms with E-state index >= 15 is 0 Å². The quantitative estimate of drug-likeness (QED) is 0.159. The van der Waals surface area contributed by atoms with Crippen LogP contribution in [0.25, 0.3) is 0 Å². The van der Waals surface area contributed by atoms with Crippen LogP contribution in [0.3, 0.4) is 0 Å². The molecule has 1 aromatic carbocycles. The molecule has 0 bridgehead atoms. The van der Waals surface area contributed by atoms with Crippen molar-refractivity contribution in [1.29, 1.82) is 0 Å². The Morgan fingerprint density at radius 3 is 1.30 bits per heavy atom. The molecule has 0 unspecified atom stereocenters. The molecule has 172 valence electrons. The SMILES string of the molecule is CCCCCCCCCCCCCCCCCCCCc1ccc(OB(O)O)cc1. The summed E-state index contributed by atoms with van der Waals surface area (Å²) >= 11 is 0. The second-order valence-corrected chi connectivity index (χ2v) is 8.85. The summed E-state index contributed by atoms with van der Waals surface area (Å²) in [5.74, 6) is 0.492. The Kier molecular flexibility index (Phi) is 18.0. The van der Waals surface area contributed by atoms with E-state index in [2.05, 4.69) is 6.92 Å². The minimum atomic E-state index is -1.74. The van der Waals surface area contributed by atoms with Gasteiger partial charge in [-0.1, -0.05) is 128 Å². The minimum absolute atomic E-state index is 0.492. The van der Waals surface area contributed by atoms with Crippen molar-refractivity contribution >= 4 is 7.32 Å². The summed E-state index contributed by atoms with van der Waals surface area (Å²) in [6, 6.07) is 7.60. The van der Waals surface area contributed by atoms with Gasteiger partial charge in [-0.3, -0.25) is 0 Å². The molecule has 3 nitrogen and oxygen atoms in total. The molecule has 1 aromatic rings. The number of hydrogen-bond acceptors (Lipinski definition) is 3. The number of unbranched alkanes of at least 4 members (excludes halogenated alkanes) is 17. The Labute approximate surface area is 186 Å². The third-order valence-corrected chi connectivity index (χ3v) is 5.98. The van der Waals surface area contributed by atoms with Crippen molar-refractivity contribution in [3.8, 4) is 5.75 Å². The van der Waals surface area contributed by atoms with Gasteiger partial charge in [0.2, 0.25) is 0 Å². The largest absolute Gasteiger partial charge is 0.707 e. The molecule has 0 atom stereocenters. The Morgan fingerprint density at radius 1 is 0.567 bits per heavy atom. The summed E-state index contributed by atoms with van der Waals surface area (Å²) in [6.07, 6.45) is 26.4. The molecule has 0 aliphatic rings. The molecule has 0 aliphatic heterocycles. The maximum Gasteiger partial charge on any atom is 0.707 e. The van der Waals surface area contributed by atoms with Gasteiger partial charge in [-0.2, -0.15) is 0 Å². The lowest BCUT2D eigenvalue weighted by Gasteiger charge is -2.06. The summed E-state index contributed by atoms with van der Waals surface area (Å²) in [5, 5.41) is 17.6. The smallest absolute Gasteiger partial charge is 0.512 e. The standard InChI is InChI=1S/C26H47BO3/c1-2-3-4-5-6-7-8-9-10-11-12-13-14-15-16-17-18-19-20-25-21-23-26(24-22-25)30-27(28)29/h21-24,28-29H,2-20H2,1H3. The van der Waals surface area contributed by atoms with Gasteiger partial charge in [-0.15, -0.1) is 0 Å². The van der Waals surface area contributed by atoms with Crippen molar-refractivity contribution in [2.45, 2.75) is 129 Å². The molecule has 1 rings (SSSR count). The average molecular weight is 418 g/mol. The van der Waals surface area contributed by atoms with E-state index in [0.29, 0.717) is 5.75 Å². The third kappa shape index (κ3) is 16.8. The van der Waals surface area contributed by atoms with Gasteiger partial charge in [0.1, 0.15) is 5.75 Å². The van der Waals surface area contributed by atoms with Crippen LogP contribution in [-0.4, -0.2) is 17.4 Å². The molecule has 0 aromatic heterocycles. The Balaban J connectivity index is 1.78. The average Bonchev–Trinajstić information content (AvgIpc) is 2.73. The first-order valence-electron chi connectivity index (χ1n) is 12.8. The van der Waals surface area contributed by atoms with Gasteiger partial charge < -0.3 is 14.7 Å². The van der Waals surface area contributed by atoms with Crippen LogP contribution >= 0.6 is 0 Å². The van der Waals surface area contributed by atoms with E-state index in [1.54, 1.807) is 12.1 Å². The van der Waals surface area contributed by atoms with Gasteiger partial charge >= 0.3 is 7.32 Å². The summed E-state index contributed by atoms with van der Waals surface area (Å²) in [5.41, 5.74) is 1.28. The Hall–Kier alpha value is -0.995. The van der Waals surface area contributed by atoms with Gasteiger partial charge in [0, 0.05) is 0 Å². The van der Waals surface area contributed by atoms with Crippen LogP contribution < -0.4 is 4.65 Å². The minimum Gasteiger partial charge on any atom is -0.512 e. The molecule has 0 amide bonds. The molecule has 0 saturated carbocycles. The molecular formula is C26H47BO3. The molecule has 0 fully saturated rings. The Morgan fingerprint density at radius 2 is 0.933 bits per heavy atom. The molecule has 4 heteroatoms. The van der Waals surface area contributed by atoms with Gasteiger partial charge in [-0.05, 0) is 30.5 Å². The van der Waals surface area contributed by atoms with Gasteiger partial charge in [0.25, 0.3) is 0 Å². The lowest BCUT2D eigenvalue weighted by atomic mass is 10.0. The van der Waals surface area contributed by atoms with Crippen LogP contribution in [0.15, 0.2) is 24.3 Å². The number of rotatable bonds is 21. The fraction of sp³-hybridized carbons (Fsp3) is 0.769. The lowest BCUT2D eigenvalue weighted by molar-refractivity contribution is 0.288. The molecule has 0 aliphatic carbocycles. The Bertz CT molecular complexity index is 476. The fourth-order valence-electron chi connectivity index (χ4n) is 4.09. The highest BCUT2D eigenvalue weighted by Gasteiger charge is 2.10. The van der Waals surface area contributed by atoms with E-state index < -0.39 is 7.32 Å². The van der Waals surface area contributed by atoms with Crippen LogP contribution in [0.5, 0.6) is 5.75 Å². The van der Waals surface area contributed by atoms with Gasteiger partial charge in [0.05, 0.1) is 0 Å². The third-order valence-electron chi connectivity index (χ3n) is 5.98. The second kappa shape index (κ2) is 19.9. The first kappa shape index (κ1) is 27.0. The number of benzene rings is 1. The highest BCUT2D eigenvalue weighted by atomic mass is 16.6. The molecule has 2 N–H and O–H groups in total. The molecule has 30 heavy (non-hydrogen) atoms. The molecule has 0 radical (unpaired) electrons. The summed E-state index contributed by atoms with van der Waals surface area (Å²) in [4.78, 5) is 0. The highest BCUT2D eigenvalue weighted by Crippen LogP contribution is 2.16. The van der Waals surface area contributed by atoms with Crippen molar-refractivity contribution in [1.82, 2.24) is 0 Å². The van der Waals surface area contributed by atoms with Crippen LogP contribution in [0.1, 0.15) is 128 Å². The van der Waals surface area contributed by atoms with Crippen molar-refractivity contribution in [2.24, 2.45) is 0 Å². The first-order chi connectivity index (χ1) is 14.7. The molecule has 0 heterocycles. The number of hydrogen-bond donors (Lipinski definition) is 2. The van der Waals surface area contributed by atoms with E-state index in [9.17, 15) is 0 Å². The molecule has 0 saturated heterocycles. The summed E-state index contributed by atoms with van der Waals surface area (Å²) < 4.78 is 4.82. The highest BCUT2D eigenvalue weighted by molar-refractivity contribution is 6.33. The van der Waals surface area contributed by atoms with Crippen molar-refractivity contribution < 1.29 is 14.7 Å². The normalized spacial score (nSPS) is 11.0. The zero-order chi connectivity index (χ0) is 21.7. The van der Waals surface area contributed by atoms with E-state index in [0.717, 1.165) is 6.42 Å². The van der Waals surface area contributed by atoms with Crippen LogP contribution in [0.4, 0.5) is 0 Å². The maximum absolute atomic E-state index is 8.78. The van der Waals surface area contributed by atoms with Crippen LogP contribution in [-0.2, 0) is 6.42 Å². The van der Waals surface area contributed by atoms with Crippen LogP contribution in [0.2, 0.25) is 0 Å². The summed E-state index contributed by atoms with van der Waals surface area (Å²) in [6.45, 7) is 2.29. The predicted octanol–water partition coefficient (Wildman–Crippen LogP) is 7.62. The van der Waals surface area contributed by atoms with Gasteiger partial charge in [0.15, 0.2) is 0 Å². The summed E-state index contributed by atoms with van der Waals surface area (Å²) in [7, 11) is -1.74. The van der Waals surface area contributed by atoms with Crippen molar-refractivity contribution in [2.75, 3.05) is 0 Å². The van der Waals surface area contributed by atoms with E-state index in [1.807, 2.05) is 12.1 Å². The maximum atomic E-state index is 8.78. The van der Waals surface area contributed by atoms with Crippen molar-refractivity contribution in [3.05, 3.63) is 29.8 Å². The van der Waals surface area contributed by atoms with E-state index in [1.165, 1.54) is 121 Å². The first-order valence-corrected chi connectivity index (χ1v) is 12.8. The zero-order valence-corrected chi connectivity index (χ0v) is 19.6. The second-order valence-electron chi connectivity index (χ2n) is 8.85. The predicted molar refractivity (Wildman–Crippen MR) is 130 cm³/mol.